The van der Waals surface area contributed by atoms with Gasteiger partial charge in [-0.05, 0) is 63.8 Å². The highest BCUT2D eigenvalue weighted by Crippen LogP contribution is 2.40. The minimum atomic E-state index is -3.73. The monoisotopic (exact) mass is 483 g/mol. The molecule has 10 heteroatoms. The molecule has 0 radical (unpaired) electrons. The van der Waals surface area contributed by atoms with E-state index in [4.69, 9.17) is 9.72 Å². The zero-order chi connectivity index (χ0) is 24.0. The number of fused-ring (bicyclic) bond motifs is 1. The summed E-state index contributed by atoms with van der Waals surface area (Å²) in [6, 6.07) is 6.62. The van der Waals surface area contributed by atoms with E-state index in [1.165, 1.54) is 10.4 Å². The number of carbonyl (C=O) groups is 1. The topological polar surface area (TPSA) is 106 Å². The number of hydrogen-bond acceptors (Lipinski definition) is 6. The lowest BCUT2D eigenvalue weighted by Crippen LogP contribution is -2.28. The zero-order valence-electron chi connectivity index (χ0n) is 19.7. The molecule has 3 heterocycles. The van der Waals surface area contributed by atoms with E-state index in [2.05, 4.69) is 10.4 Å². The number of benzene rings is 1. The fourth-order valence-corrected chi connectivity index (χ4v) is 6.23. The van der Waals surface area contributed by atoms with E-state index < -0.39 is 10.0 Å². The largest absolute Gasteiger partial charge is 0.492 e. The number of hydrogen-bond donors (Lipinski definition) is 1. The number of ether oxygens (including phenoxy) is 1. The fraction of sp³-hybridized carbons (Fsp3) is 0.458. The van der Waals surface area contributed by atoms with Crippen LogP contribution in [0.5, 0.6) is 5.75 Å². The van der Waals surface area contributed by atoms with Gasteiger partial charge in [0.15, 0.2) is 5.65 Å². The second-order valence-electron chi connectivity index (χ2n) is 8.94. The molecule has 3 aromatic rings. The molecule has 0 unspecified atom stereocenters. The minimum absolute atomic E-state index is 0.0742. The summed E-state index contributed by atoms with van der Waals surface area (Å²) in [5.74, 6) is 0.339. The van der Waals surface area contributed by atoms with Crippen LogP contribution in [-0.2, 0) is 17.1 Å². The van der Waals surface area contributed by atoms with Gasteiger partial charge in [0.25, 0.3) is 5.91 Å². The van der Waals surface area contributed by atoms with Crippen LogP contribution < -0.4 is 10.1 Å². The van der Waals surface area contributed by atoms with E-state index in [0.29, 0.717) is 47.9 Å². The van der Waals surface area contributed by atoms with Crippen LogP contribution in [0.1, 0.15) is 60.3 Å². The molecule has 0 bridgehead atoms. The number of nitrogens with zero attached hydrogens (tertiary/aromatic N) is 4. The van der Waals surface area contributed by atoms with Crippen molar-refractivity contribution in [1.82, 2.24) is 19.1 Å². The molecule has 1 saturated heterocycles. The molecule has 5 rings (SSSR count). The predicted molar refractivity (Wildman–Crippen MR) is 129 cm³/mol. The second-order valence-corrected chi connectivity index (χ2v) is 10.8. The van der Waals surface area contributed by atoms with Crippen LogP contribution in [-0.4, -0.2) is 53.1 Å². The summed E-state index contributed by atoms with van der Waals surface area (Å²) >= 11 is 0. The summed E-state index contributed by atoms with van der Waals surface area (Å²) in [6.07, 6.45) is 3.80. The maximum atomic E-state index is 13.4. The lowest BCUT2D eigenvalue weighted by atomic mass is 10.1. The summed E-state index contributed by atoms with van der Waals surface area (Å²) in [6.45, 7) is 4.99. The molecule has 180 valence electrons. The average Bonchev–Trinajstić information content (AvgIpc) is 3.42. The lowest BCUT2D eigenvalue weighted by molar-refractivity contribution is 0.102. The first-order valence-corrected chi connectivity index (χ1v) is 13.2. The van der Waals surface area contributed by atoms with E-state index in [1.54, 1.807) is 16.8 Å². The molecule has 1 saturated carbocycles. The third kappa shape index (κ3) is 4.05. The fourth-order valence-electron chi connectivity index (χ4n) is 4.56. The van der Waals surface area contributed by atoms with Gasteiger partial charge in [0.2, 0.25) is 10.0 Å². The molecule has 2 aromatic heterocycles. The summed E-state index contributed by atoms with van der Waals surface area (Å²) in [5, 5.41) is 8.07. The number of aromatic nitrogens is 3. The third-order valence-electron chi connectivity index (χ3n) is 6.41. The van der Waals surface area contributed by atoms with Crippen LogP contribution in [0.4, 0.5) is 5.69 Å². The molecular weight excluding hydrogens is 454 g/mol. The first-order valence-electron chi connectivity index (χ1n) is 11.7. The first-order chi connectivity index (χ1) is 16.3. The molecule has 1 aliphatic carbocycles. The van der Waals surface area contributed by atoms with Gasteiger partial charge in [-0.2, -0.15) is 9.40 Å². The van der Waals surface area contributed by atoms with Crippen molar-refractivity contribution in [1.29, 1.82) is 0 Å². The molecule has 1 aromatic carbocycles. The van der Waals surface area contributed by atoms with E-state index in [9.17, 15) is 13.2 Å². The van der Waals surface area contributed by atoms with Crippen molar-refractivity contribution < 1.29 is 17.9 Å². The molecule has 34 heavy (non-hydrogen) atoms. The summed E-state index contributed by atoms with van der Waals surface area (Å²) in [4.78, 5) is 18.3. The Labute approximate surface area is 199 Å². The van der Waals surface area contributed by atoms with Gasteiger partial charge in [-0.1, -0.05) is 0 Å². The average molecular weight is 484 g/mol. The standard InChI is InChI=1S/C24H29N5O4S/c1-4-33-20-10-9-17(13-21(20)34(31,32)29-11-5-6-12-29)25-24(30)18-14-19(16-7-8-16)26-23-22(18)15(2)27-28(23)3/h9-10,13-14,16H,4-8,11-12H2,1-3H3,(H,25,30). The van der Waals surface area contributed by atoms with E-state index in [-0.39, 0.29) is 16.6 Å². The number of rotatable bonds is 7. The van der Waals surface area contributed by atoms with Gasteiger partial charge >= 0.3 is 0 Å². The van der Waals surface area contributed by atoms with Gasteiger partial charge < -0.3 is 10.1 Å². The van der Waals surface area contributed by atoms with E-state index in [0.717, 1.165) is 37.1 Å². The van der Waals surface area contributed by atoms with Crippen LogP contribution in [0.25, 0.3) is 11.0 Å². The summed E-state index contributed by atoms with van der Waals surface area (Å²) in [7, 11) is -1.91. The maximum Gasteiger partial charge on any atom is 0.256 e. The smallest absolute Gasteiger partial charge is 0.256 e. The molecule has 1 aliphatic heterocycles. The Morgan fingerprint density at radius 1 is 1.21 bits per heavy atom. The molecule has 2 fully saturated rings. The lowest BCUT2D eigenvalue weighted by Gasteiger charge is -2.19. The summed E-state index contributed by atoms with van der Waals surface area (Å²) in [5.41, 5.74) is 3.18. The van der Waals surface area contributed by atoms with E-state index in [1.807, 2.05) is 27.0 Å². The van der Waals surface area contributed by atoms with Crippen molar-refractivity contribution in [2.75, 3.05) is 25.0 Å². The Balaban J connectivity index is 1.53. The first kappa shape index (κ1) is 22.8. The van der Waals surface area contributed by atoms with Crippen LogP contribution in [0.2, 0.25) is 0 Å². The molecule has 0 spiro atoms. The number of nitrogens with one attached hydrogen (secondary N) is 1. The van der Waals surface area contributed by atoms with Gasteiger partial charge in [-0.15, -0.1) is 0 Å². The van der Waals surface area contributed by atoms with Crippen molar-refractivity contribution >= 4 is 32.7 Å². The van der Waals surface area contributed by atoms with Gasteiger partial charge in [0, 0.05) is 37.4 Å². The van der Waals surface area contributed by atoms with Crippen molar-refractivity contribution in [2.45, 2.75) is 50.3 Å². The zero-order valence-corrected chi connectivity index (χ0v) is 20.5. The predicted octanol–water partition coefficient (Wildman–Crippen LogP) is 3.59. The third-order valence-corrected chi connectivity index (χ3v) is 8.33. The second kappa shape index (κ2) is 8.66. The van der Waals surface area contributed by atoms with Gasteiger partial charge in [-0.3, -0.25) is 9.48 Å². The molecule has 1 amide bonds. The number of sulfonamides is 1. The Bertz CT molecular complexity index is 1370. The Hall–Kier alpha value is -2.98. The van der Waals surface area contributed by atoms with Crippen LogP contribution in [0.3, 0.4) is 0 Å². The van der Waals surface area contributed by atoms with Crippen molar-refractivity contribution in [3.63, 3.8) is 0 Å². The normalized spacial score (nSPS) is 16.8. The number of anilines is 1. The number of aryl methyl sites for hydroxylation is 2. The Kier molecular flexibility index (Phi) is 5.81. The minimum Gasteiger partial charge on any atom is -0.492 e. The van der Waals surface area contributed by atoms with Crippen molar-refractivity contribution in [3.8, 4) is 5.75 Å². The maximum absolute atomic E-state index is 13.4. The van der Waals surface area contributed by atoms with Gasteiger partial charge in [-0.25, -0.2) is 13.4 Å². The molecule has 0 atom stereocenters. The van der Waals surface area contributed by atoms with Gasteiger partial charge in [0.05, 0.1) is 23.3 Å². The molecule has 9 nitrogen and oxygen atoms in total. The molecular formula is C24H29N5O4S. The van der Waals surface area contributed by atoms with Crippen LogP contribution in [0, 0.1) is 6.92 Å². The Morgan fingerprint density at radius 3 is 2.62 bits per heavy atom. The number of amides is 1. The highest BCUT2D eigenvalue weighted by atomic mass is 32.2. The van der Waals surface area contributed by atoms with Gasteiger partial charge in [0.1, 0.15) is 10.6 Å². The highest BCUT2D eigenvalue weighted by Gasteiger charge is 2.31. The Morgan fingerprint density at radius 2 is 1.94 bits per heavy atom. The highest BCUT2D eigenvalue weighted by molar-refractivity contribution is 7.89. The van der Waals surface area contributed by atoms with Crippen molar-refractivity contribution in [2.24, 2.45) is 7.05 Å². The number of pyridine rings is 1. The SMILES string of the molecule is CCOc1ccc(NC(=O)c2cc(C3CC3)nc3c2c(C)nn3C)cc1S(=O)(=O)N1CCCC1. The molecule has 2 aliphatic rings. The molecule has 1 N–H and O–H groups in total. The summed E-state index contributed by atoms with van der Waals surface area (Å²) < 4.78 is 35.4. The van der Waals surface area contributed by atoms with E-state index >= 15 is 0 Å². The van der Waals surface area contributed by atoms with Crippen LogP contribution >= 0.6 is 0 Å². The van der Waals surface area contributed by atoms with Crippen molar-refractivity contribution in [3.05, 3.63) is 41.2 Å². The quantitative estimate of drug-likeness (QED) is 0.550. The van der Waals surface area contributed by atoms with Crippen LogP contribution in [0.15, 0.2) is 29.2 Å². The number of carbonyl (C=O) groups excluding carboxylic acids is 1.